The van der Waals surface area contributed by atoms with Crippen LogP contribution >= 0.6 is 11.3 Å². The molecule has 0 spiro atoms. The normalized spacial score (nSPS) is 14.2. The lowest BCUT2D eigenvalue weighted by atomic mass is 10.0. The molecule has 0 N–H and O–H groups in total. The zero-order valence-corrected chi connectivity index (χ0v) is 11.7. The van der Waals surface area contributed by atoms with Crippen LogP contribution in [0.3, 0.4) is 0 Å². The van der Waals surface area contributed by atoms with Crippen LogP contribution in [0, 0.1) is 0 Å². The van der Waals surface area contributed by atoms with Crippen LogP contribution in [0.25, 0.3) is 0 Å². The highest BCUT2D eigenvalue weighted by Gasteiger charge is 2.17. The number of benzene rings is 1. The molecule has 1 aromatic carbocycles. The summed E-state index contributed by atoms with van der Waals surface area (Å²) in [6.45, 7) is 1.89. The van der Waals surface area contributed by atoms with Gasteiger partial charge in [0, 0.05) is 25.2 Å². The summed E-state index contributed by atoms with van der Waals surface area (Å²) in [5.41, 5.74) is 2.73. The molecule has 0 amide bonds. The highest BCUT2D eigenvalue weighted by molar-refractivity contribution is 7.12. The van der Waals surface area contributed by atoms with Gasteiger partial charge in [-0.1, -0.05) is 24.3 Å². The van der Waals surface area contributed by atoms with Gasteiger partial charge in [0.25, 0.3) is 0 Å². The van der Waals surface area contributed by atoms with E-state index in [9.17, 15) is 4.79 Å². The molecule has 0 radical (unpaired) electrons. The fourth-order valence-electron chi connectivity index (χ4n) is 2.64. The second-order valence-electron chi connectivity index (χ2n) is 4.87. The van der Waals surface area contributed by atoms with Crippen molar-refractivity contribution in [3.05, 3.63) is 52.2 Å². The molecule has 0 fully saturated rings. The van der Waals surface area contributed by atoms with Gasteiger partial charge in [-0.15, -0.1) is 11.3 Å². The standard InChI is InChI=1S/C16H17NOS/c18-15(16-8-4-12-19-16)9-11-17-10-3-6-13-5-1-2-7-14(13)17/h1-2,4-5,7-8,12H,3,6,9-11H2. The number of rotatable bonds is 4. The van der Waals surface area contributed by atoms with Gasteiger partial charge in [-0.25, -0.2) is 0 Å². The van der Waals surface area contributed by atoms with Crippen LogP contribution in [0.2, 0.25) is 0 Å². The van der Waals surface area contributed by atoms with Crippen molar-refractivity contribution < 1.29 is 4.79 Å². The lowest BCUT2D eigenvalue weighted by Crippen LogP contribution is -2.31. The molecule has 1 aromatic heterocycles. The maximum Gasteiger partial charge on any atom is 0.174 e. The average Bonchev–Trinajstić information content (AvgIpc) is 2.99. The Kier molecular flexibility index (Phi) is 3.65. The fourth-order valence-corrected chi connectivity index (χ4v) is 3.34. The van der Waals surface area contributed by atoms with Gasteiger partial charge < -0.3 is 4.90 Å². The van der Waals surface area contributed by atoms with Crippen molar-refractivity contribution in [3.63, 3.8) is 0 Å². The summed E-state index contributed by atoms with van der Waals surface area (Å²) in [4.78, 5) is 15.3. The first kappa shape index (κ1) is 12.4. The molecular formula is C16H17NOS. The number of carbonyl (C=O) groups excluding carboxylic acids is 1. The maximum absolute atomic E-state index is 12.0. The molecule has 1 aliphatic heterocycles. The van der Waals surface area contributed by atoms with E-state index in [1.54, 1.807) is 0 Å². The van der Waals surface area contributed by atoms with Crippen LogP contribution in [-0.4, -0.2) is 18.9 Å². The third kappa shape index (κ3) is 2.71. The highest BCUT2D eigenvalue weighted by Crippen LogP contribution is 2.26. The van der Waals surface area contributed by atoms with Crippen LogP contribution in [0.1, 0.15) is 28.1 Å². The molecule has 0 aliphatic carbocycles. The van der Waals surface area contributed by atoms with E-state index in [2.05, 4.69) is 29.2 Å². The maximum atomic E-state index is 12.0. The number of carbonyl (C=O) groups is 1. The molecule has 0 bridgehead atoms. The van der Waals surface area contributed by atoms with E-state index in [-0.39, 0.29) is 5.78 Å². The quantitative estimate of drug-likeness (QED) is 0.789. The number of Topliss-reactive ketones (excluding diaryl/α,β-unsaturated/α-hetero) is 1. The number of para-hydroxylation sites is 1. The Balaban J connectivity index is 1.67. The second kappa shape index (κ2) is 5.57. The van der Waals surface area contributed by atoms with Crippen LogP contribution in [-0.2, 0) is 6.42 Å². The van der Waals surface area contributed by atoms with Gasteiger partial charge >= 0.3 is 0 Å². The lowest BCUT2D eigenvalue weighted by Gasteiger charge is -2.31. The smallest absolute Gasteiger partial charge is 0.174 e. The Labute approximate surface area is 117 Å². The van der Waals surface area contributed by atoms with Crippen LogP contribution < -0.4 is 4.90 Å². The number of nitrogens with zero attached hydrogens (tertiary/aromatic N) is 1. The van der Waals surface area contributed by atoms with E-state index in [0.29, 0.717) is 6.42 Å². The molecule has 0 atom stereocenters. The van der Waals surface area contributed by atoms with Gasteiger partial charge in [0.1, 0.15) is 0 Å². The zero-order chi connectivity index (χ0) is 13.1. The predicted molar refractivity (Wildman–Crippen MR) is 80.2 cm³/mol. The molecule has 2 aromatic rings. The highest BCUT2D eigenvalue weighted by atomic mass is 32.1. The third-order valence-corrected chi connectivity index (χ3v) is 4.52. The summed E-state index contributed by atoms with van der Waals surface area (Å²) >= 11 is 1.54. The minimum absolute atomic E-state index is 0.262. The number of anilines is 1. The first-order chi connectivity index (χ1) is 9.34. The Morgan fingerprint density at radius 3 is 2.95 bits per heavy atom. The largest absolute Gasteiger partial charge is 0.371 e. The molecule has 3 heteroatoms. The summed E-state index contributed by atoms with van der Waals surface area (Å²) in [5, 5.41) is 1.96. The summed E-state index contributed by atoms with van der Waals surface area (Å²) in [6, 6.07) is 12.4. The number of ketones is 1. The van der Waals surface area contributed by atoms with E-state index in [0.717, 1.165) is 24.4 Å². The van der Waals surface area contributed by atoms with Gasteiger partial charge in [0.2, 0.25) is 0 Å². The average molecular weight is 271 g/mol. The Bertz CT molecular complexity index is 562. The Hall–Kier alpha value is -1.61. The number of hydrogen-bond acceptors (Lipinski definition) is 3. The molecular weight excluding hydrogens is 254 g/mol. The van der Waals surface area contributed by atoms with Crippen molar-refractivity contribution >= 4 is 22.8 Å². The van der Waals surface area contributed by atoms with Crippen LogP contribution in [0.5, 0.6) is 0 Å². The monoisotopic (exact) mass is 271 g/mol. The molecule has 2 heterocycles. The number of fused-ring (bicyclic) bond motifs is 1. The molecule has 1 aliphatic rings. The van der Waals surface area contributed by atoms with E-state index < -0.39 is 0 Å². The topological polar surface area (TPSA) is 20.3 Å². The summed E-state index contributed by atoms with van der Waals surface area (Å²) in [5.74, 6) is 0.262. The zero-order valence-electron chi connectivity index (χ0n) is 10.8. The predicted octanol–water partition coefficient (Wildman–Crippen LogP) is 3.77. The van der Waals surface area contributed by atoms with Crippen LogP contribution in [0.4, 0.5) is 5.69 Å². The SMILES string of the molecule is O=C(CCN1CCCc2ccccc21)c1cccs1. The van der Waals surface area contributed by atoms with Crippen molar-refractivity contribution in [1.82, 2.24) is 0 Å². The molecule has 0 unspecified atom stereocenters. The Morgan fingerprint density at radius 2 is 2.11 bits per heavy atom. The number of hydrogen-bond donors (Lipinski definition) is 0. The van der Waals surface area contributed by atoms with Crippen molar-refractivity contribution in [1.29, 1.82) is 0 Å². The van der Waals surface area contributed by atoms with Crippen molar-refractivity contribution in [2.45, 2.75) is 19.3 Å². The number of aryl methyl sites for hydroxylation is 1. The minimum Gasteiger partial charge on any atom is -0.371 e. The minimum atomic E-state index is 0.262. The van der Waals surface area contributed by atoms with Crippen molar-refractivity contribution in [3.8, 4) is 0 Å². The molecule has 0 saturated carbocycles. The van der Waals surface area contributed by atoms with E-state index in [1.807, 2.05) is 17.5 Å². The summed E-state index contributed by atoms with van der Waals surface area (Å²) in [6.07, 6.45) is 2.95. The molecule has 98 valence electrons. The van der Waals surface area contributed by atoms with Crippen molar-refractivity contribution in [2.24, 2.45) is 0 Å². The lowest BCUT2D eigenvalue weighted by molar-refractivity contribution is 0.0988. The van der Waals surface area contributed by atoms with Gasteiger partial charge in [-0.05, 0) is 35.9 Å². The van der Waals surface area contributed by atoms with E-state index >= 15 is 0 Å². The van der Waals surface area contributed by atoms with E-state index in [4.69, 9.17) is 0 Å². The molecule has 19 heavy (non-hydrogen) atoms. The van der Waals surface area contributed by atoms with E-state index in [1.165, 1.54) is 29.0 Å². The van der Waals surface area contributed by atoms with Gasteiger partial charge in [-0.2, -0.15) is 0 Å². The van der Waals surface area contributed by atoms with Crippen molar-refractivity contribution in [2.75, 3.05) is 18.0 Å². The third-order valence-electron chi connectivity index (χ3n) is 3.61. The number of thiophene rings is 1. The summed E-state index contributed by atoms with van der Waals surface area (Å²) < 4.78 is 0. The Morgan fingerprint density at radius 1 is 1.21 bits per heavy atom. The first-order valence-corrected chi connectivity index (χ1v) is 7.62. The van der Waals surface area contributed by atoms with Gasteiger partial charge in [0.15, 0.2) is 5.78 Å². The molecule has 2 nitrogen and oxygen atoms in total. The van der Waals surface area contributed by atoms with Gasteiger partial charge in [0.05, 0.1) is 4.88 Å². The second-order valence-corrected chi connectivity index (χ2v) is 5.82. The van der Waals surface area contributed by atoms with Gasteiger partial charge in [-0.3, -0.25) is 4.79 Å². The fraction of sp³-hybridized carbons (Fsp3) is 0.312. The first-order valence-electron chi connectivity index (χ1n) is 6.74. The molecule has 3 rings (SSSR count). The molecule has 0 saturated heterocycles. The summed E-state index contributed by atoms with van der Waals surface area (Å²) in [7, 11) is 0. The van der Waals surface area contributed by atoms with Crippen LogP contribution in [0.15, 0.2) is 41.8 Å².